The zero-order valence-corrected chi connectivity index (χ0v) is 8.99. The van der Waals surface area contributed by atoms with Crippen molar-refractivity contribution in [1.82, 2.24) is 15.5 Å². The van der Waals surface area contributed by atoms with Crippen molar-refractivity contribution in [3.05, 3.63) is 18.0 Å². The molecule has 0 radical (unpaired) electrons. The molecule has 0 saturated heterocycles. The van der Waals surface area contributed by atoms with E-state index < -0.39 is 6.04 Å². The number of aromatic nitrogens is 2. The number of amides is 1. The van der Waals surface area contributed by atoms with Crippen molar-refractivity contribution in [3.63, 3.8) is 0 Å². The lowest BCUT2D eigenvalue weighted by atomic mass is 10.1. The Kier molecular flexibility index (Phi) is 4.83. The van der Waals surface area contributed by atoms with Gasteiger partial charge in [0.15, 0.2) is 0 Å². The molecule has 1 amide bonds. The van der Waals surface area contributed by atoms with Crippen LogP contribution in [-0.2, 0) is 11.3 Å². The highest BCUT2D eigenvalue weighted by Gasteiger charge is 2.11. The molecule has 1 aromatic rings. The third kappa shape index (κ3) is 4.12. The molecule has 0 saturated carbocycles. The van der Waals surface area contributed by atoms with Gasteiger partial charge in [-0.05, 0) is 12.5 Å². The number of carbonyl (C=O) groups excluding carboxylic acids is 1. The van der Waals surface area contributed by atoms with Gasteiger partial charge in [0.25, 0.3) is 0 Å². The number of nitrogens with zero attached hydrogens (tertiary/aromatic N) is 1. The normalized spacial score (nSPS) is 12.4. The number of hydrogen-bond donors (Lipinski definition) is 3. The number of nitrogens with two attached hydrogens (primary N) is 1. The largest absolute Gasteiger partial charge is 0.349 e. The predicted octanol–water partition coefficient (Wildman–Crippen LogP) is 0.543. The zero-order chi connectivity index (χ0) is 11.1. The van der Waals surface area contributed by atoms with E-state index in [-0.39, 0.29) is 5.91 Å². The summed E-state index contributed by atoms with van der Waals surface area (Å²) in [5, 5.41) is 9.31. The van der Waals surface area contributed by atoms with Gasteiger partial charge in [-0.25, -0.2) is 0 Å². The molecule has 0 aromatic carbocycles. The average Bonchev–Trinajstić information content (AvgIpc) is 2.75. The minimum atomic E-state index is -0.395. The molecule has 0 aliphatic carbocycles. The fourth-order valence-corrected chi connectivity index (χ4v) is 1.25. The van der Waals surface area contributed by atoms with Gasteiger partial charge in [0.1, 0.15) is 0 Å². The Bertz CT molecular complexity index is 284. The molecule has 1 atom stereocenters. The maximum Gasteiger partial charge on any atom is 0.237 e. The van der Waals surface area contributed by atoms with Crippen molar-refractivity contribution >= 4 is 5.91 Å². The fourth-order valence-electron chi connectivity index (χ4n) is 1.25. The van der Waals surface area contributed by atoms with Gasteiger partial charge in [0, 0.05) is 6.20 Å². The van der Waals surface area contributed by atoms with Gasteiger partial charge < -0.3 is 11.1 Å². The molecule has 0 aliphatic rings. The van der Waals surface area contributed by atoms with E-state index in [9.17, 15) is 4.79 Å². The van der Waals surface area contributed by atoms with Crippen molar-refractivity contribution in [1.29, 1.82) is 0 Å². The van der Waals surface area contributed by atoms with Crippen LogP contribution in [0.2, 0.25) is 0 Å². The highest BCUT2D eigenvalue weighted by Crippen LogP contribution is 1.98. The minimum absolute atomic E-state index is 0.0990. The molecular weight excluding hydrogens is 192 g/mol. The number of hydrogen-bond acceptors (Lipinski definition) is 3. The molecule has 0 spiro atoms. The van der Waals surface area contributed by atoms with Crippen molar-refractivity contribution in [2.45, 2.75) is 38.8 Å². The highest BCUT2D eigenvalue weighted by molar-refractivity contribution is 5.81. The minimum Gasteiger partial charge on any atom is -0.349 e. The van der Waals surface area contributed by atoms with Gasteiger partial charge in [-0.2, -0.15) is 5.10 Å². The topological polar surface area (TPSA) is 83.8 Å². The van der Waals surface area contributed by atoms with E-state index in [0.29, 0.717) is 6.54 Å². The third-order valence-corrected chi connectivity index (χ3v) is 2.22. The Morgan fingerprint density at radius 1 is 1.73 bits per heavy atom. The summed E-state index contributed by atoms with van der Waals surface area (Å²) >= 11 is 0. The third-order valence-electron chi connectivity index (χ3n) is 2.22. The first-order chi connectivity index (χ1) is 7.24. The van der Waals surface area contributed by atoms with Gasteiger partial charge in [0.2, 0.25) is 5.91 Å². The molecule has 4 N–H and O–H groups in total. The summed E-state index contributed by atoms with van der Waals surface area (Å²) in [6, 6.07) is 1.42. The summed E-state index contributed by atoms with van der Waals surface area (Å²) in [7, 11) is 0. The average molecular weight is 210 g/mol. The zero-order valence-electron chi connectivity index (χ0n) is 8.99. The molecule has 0 bridgehead atoms. The van der Waals surface area contributed by atoms with E-state index >= 15 is 0 Å². The Balaban J connectivity index is 2.23. The second kappa shape index (κ2) is 6.19. The molecule has 0 aliphatic heterocycles. The molecule has 1 aromatic heterocycles. The lowest BCUT2D eigenvalue weighted by Crippen LogP contribution is -2.40. The monoisotopic (exact) mass is 210 g/mol. The lowest BCUT2D eigenvalue weighted by molar-refractivity contribution is -0.122. The summed E-state index contributed by atoms with van der Waals surface area (Å²) in [4.78, 5) is 11.5. The van der Waals surface area contributed by atoms with Crippen LogP contribution in [-0.4, -0.2) is 22.1 Å². The maximum absolute atomic E-state index is 11.5. The molecule has 1 rings (SSSR count). The fraction of sp³-hybridized carbons (Fsp3) is 0.600. The summed E-state index contributed by atoms with van der Waals surface area (Å²) in [5.74, 6) is -0.0990. The summed E-state index contributed by atoms with van der Waals surface area (Å²) in [6.45, 7) is 2.54. The van der Waals surface area contributed by atoms with Crippen molar-refractivity contribution in [2.75, 3.05) is 0 Å². The van der Waals surface area contributed by atoms with Crippen LogP contribution in [0.5, 0.6) is 0 Å². The molecule has 5 heteroatoms. The first kappa shape index (κ1) is 11.7. The smallest absolute Gasteiger partial charge is 0.237 e. The summed E-state index contributed by atoms with van der Waals surface area (Å²) in [5.41, 5.74) is 6.59. The molecular formula is C10H18N4O. The van der Waals surface area contributed by atoms with Gasteiger partial charge >= 0.3 is 0 Å². The van der Waals surface area contributed by atoms with E-state index in [2.05, 4.69) is 22.4 Å². The van der Waals surface area contributed by atoms with Crippen molar-refractivity contribution in [2.24, 2.45) is 5.73 Å². The van der Waals surface area contributed by atoms with Crippen LogP contribution in [0.4, 0.5) is 0 Å². The van der Waals surface area contributed by atoms with Crippen LogP contribution >= 0.6 is 0 Å². The number of carbonyl (C=O) groups is 1. The van der Waals surface area contributed by atoms with Gasteiger partial charge in [0.05, 0.1) is 18.3 Å². The van der Waals surface area contributed by atoms with E-state index in [1.165, 1.54) is 0 Å². The number of unbranched alkanes of at least 4 members (excludes halogenated alkanes) is 1. The van der Waals surface area contributed by atoms with Crippen LogP contribution in [0.1, 0.15) is 31.9 Å². The van der Waals surface area contributed by atoms with E-state index in [1.54, 1.807) is 6.20 Å². The number of aromatic amines is 1. The van der Waals surface area contributed by atoms with E-state index in [0.717, 1.165) is 25.0 Å². The molecule has 1 heterocycles. The first-order valence-corrected chi connectivity index (χ1v) is 5.25. The lowest BCUT2D eigenvalue weighted by Gasteiger charge is -2.10. The standard InChI is InChI=1S/C10H18N4O/c1-2-3-4-9(11)10(15)12-7-8-5-6-13-14-8/h5-6,9H,2-4,7,11H2,1H3,(H,12,15)(H,13,14)/t9-/m0/s1. The quantitative estimate of drug-likeness (QED) is 0.641. The second-order valence-electron chi connectivity index (χ2n) is 3.55. The van der Waals surface area contributed by atoms with Crippen LogP contribution in [0.3, 0.4) is 0 Å². The number of nitrogens with one attached hydrogen (secondary N) is 2. The second-order valence-corrected chi connectivity index (χ2v) is 3.55. The van der Waals surface area contributed by atoms with Crippen LogP contribution in [0.15, 0.2) is 12.3 Å². The van der Waals surface area contributed by atoms with Gasteiger partial charge in [-0.1, -0.05) is 19.8 Å². The molecule has 0 unspecified atom stereocenters. The SMILES string of the molecule is CCCC[C@H](N)C(=O)NCc1ccn[nH]1. The van der Waals surface area contributed by atoms with E-state index in [1.807, 2.05) is 6.07 Å². The maximum atomic E-state index is 11.5. The van der Waals surface area contributed by atoms with Crippen LogP contribution < -0.4 is 11.1 Å². The van der Waals surface area contributed by atoms with Crippen LogP contribution in [0, 0.1) is 0 Å². The Morgan fingerprint density at radius 3 is 3.13 bits per heavy atom. The number of rotatable bonds is 6. The van der Waals surface area contributed by atoms with Crippen LogP contribution in [0.25, 0.3) is 0 Å². The molecule has 0 fully saturated rings. The summed E-state index contributed by atoms with van der Waals surface area (Å²) in [6.07, 6.45) is 4.43. The van der Waals surface area contributed by atoms with E-state index in [4.69, 9.17) is 5.73 Å². The first-order valence-electron chi connectivity index (χ1n) is 5.25. The Labute approximate surface area is 89.4 Å². The van der Waals surface area contributed by atoms with Crippen molar-refractivity contribution in [3.8, 4) is 0 Å². The Hall–Kier alpha value is -1.36. The molecule has 5 nitrogen and oxygen atoms in total. The van der Waals surface area contributed by atoms with Gasteiger partial charge in [-0.3, -0.25) is 9.89 Å². The number of H-pyrrole nitrogens is 1. The van der Waals surface area contributed by atoms with Crippen molar-refractivity contribution < 1.29 is 4.79 Å². The van der Waals surface area contributed by atoms with Gasteiger partial charge in [-0.15, -0.1) is 0 Å². The predicted molar refractivity (Wildman–Crippen MR) is 57.9 cm³/mol. The highest BCUT2D eigenvalue weighted by atomic mass is 16.2. The molecule has 15 heavy (non-hydrogen) atoms. The Morgan fingerprint density at radius 2 is 2.53 bits per heavy atom. The summed E-state index contributed by atoms with van der Waals surface area (Å²) < 4.78 is 0. The molecule has 84 valence electrons.